The molecule has 0 saturated carbocycles. The van der Waals surface area contributed by atoms with Crippen LogP contribution in [0.1, 0.15) is 24.0 Å². The molecule has 3 saturated heterocycles. The summed E-state index contributed by atoms with van der Waals surface area (Å²) in [5, 5.41) is 0. The smallest absolute Gasteiger partial charge is 0.148 e. The Labute approximate surface area is 125 Å². The van der Waals surface area contributed by atoms with Gasteiger partial charge in [-0.2, -0.15) is 0 Å². The number of fused-ring (bicyclic) bond motifs is 7. The predicted molar refractivity (Wildman–Crippen MR) is 79.8 cm³/mol. The van der Waals surface area contributed by atoms with E-state index in [2.05, 4.69) is 48.2 Å². The van der Waals surface area contributed by atoms with E-state index in [1.54, 1.807) is 0 Å². The molecule has 21 heavy (non-hydrogen) atoms. The average molecular weight is 283 g/mol. The monoisotopic (exact) mass is 283 g/mol. The Morgan fingerprint density at radius 1 is 1.14 bits per heavy atom. The molecule has 0 amide bonds. The van der Waals surface area contributed by atoms with Crippen LogP contribution < -0.4 is 0 Å². The number of rotatable bonds is 1. The van der Waals surface area contributed by atoms with Crippen LogP contribution in [-0.2, 0) is 15.2 Å². The topological polar surface area (TPSA) is 21.7 Å². The van der Waals surface area contributed by atoms with Crippen LogP contribution in [0.15, 0.2) is 36.4 Å². The highest BCUT2D eigenvalue weighted by Crippen LogP contribution is 2.51. The van der Waals surface area contributed by atoms with Crippen LogP contribution in [0.2, 0.25) is 0 Å². The number of ether oxygens (including phenoxy) is 2. The van der Waals surface area contributed by atoms with Gasteiger partial charge in [-0.3, -0.25) is 4.90 Å². The van der Waals surface area contributed by atoms with Crippen LogP contribution in [0.5, 0.6) is 0 Å². The van der Waals surface area contributed by atoms with Crippen LogP contribution in [0.4, 0.5) is 0 Å². The number of benzene rings is 1. The van der Waals surface area contributed by atoms with E-state index < -0.39 is 0 Å². The van der Waals surface area contributed by atoms with E-state index in [4.69, 9.17) is 9.47 Å². The lowest BCUT2D eigenvalue weighted by Crippen LogP contribution is -2.60. The van der Waals surface area contributed by atoms with E-state index in [1.807, 2.05) is 0 Å². The molecule has 3 fully saturated rings. The third kappa shape index (κ3) is 1.54. The van der Waals surface area contributed by atoms with Gasteiger partial charge in [-0.25, -0.2) is 0 Å². The summed E-state index contributed by atoms with van der Waals surface area (Å²) in [7, 11) is 0. The quantitative estimate of drug-likeness (QED) is 0.740. The van der Waals surface area contributed by atoms with Gasteiger partial charge in [0.2, 0.25) is 0 Å². The van der Waals surface area contributed by atoms with Gasteiger partial charge in [-0.05, 0) is 25.3 Å². The highest BCUT2D eigenvalue weighted by molar-refractivity contribution is 5.30. The van der Waals surface area contributed by atoms with Crippen molar-refractivity contribution in [3.8, 4) is 0 Å². The molecule has 4 heterocycles. The fraction of sp³-hybridized carbons (Fsp3) is 0.556. The van der Waals surface area contributed by atoms with Crippen LogP contribution in [-0.4, -0.2) is 36.3 Å². The summed E-state index contributed by atoms with van der Waals surface area (Å²) in [6.45, 7) is 4.08. The second-order valence-electron chi connectivity index (χ2n) is 6.86. The fourth-order valence-electron chi connectivity index (χ4n) is 4.77. The Bertz CT molecular complexity index is 596. The molecule has 0 spiro atoms. The maximum absolute atomic E-state index is 6.49. The second kappa shape index (κ2) is 4.19. The van der Waals surface area contributed by atoms with Gasteiger partial charge in [0.1, 0.15) is 5.72 Å². The molecule has 5 atom stereocenters. The number of hydrogen-bond acceptors (Lipinski definition) is 3. The Morgan fingerprint density at radius 3 is 2.81 bits per heavy atom. The average Bonchev–Trinajstić information content (AvgIpc) is 3.21. The Balaban J connectivity index is 1.57. The third-order valence-electron chi connectivity index (χ3n) is 5.76. The maximum atomic E-state index is 6.49. The summed E-state index contributed by atoms with van der Waals surface area (Å²) >= 11 is 0. The zero-order chi connectivity index (χ0) is 14.0. The van der Waals surface area contributed by atoms with Crippen LogP contribution in [0.3, 0.4) is 0 Å². The van der Waals surface area contributed by atoms with E-state index in [1.165, 1.54) is 17.5 Å². The lowest BCUT2D eigenvalue weighted by molar-refractivity contribution is -0.211. The minimum atomic E-state index is -0.212. The van der Waals surface area contributed by atoms with Crippen molar-refractivity contribution in [2.24, 2.45) is 5.92 Å². The van der Waals surface area contributed by atoms with Gasteiger partial charge in [0, 0.05) is 12.5 Å². The Hall–Kier alpha value is -1.16. The van der Waals surface area contributed by atoms with Gasteiger partial charge in [-0.1, -0.05) is 42.0 Å². The van der Waals surface area contributed by atoms with Crippen molar-refractivity contribution in [1.82, 2.24) is 4.90 Å². The van der Waals surface area contributed by atoms with E-state index in [0.29, 0.717) is 12.0 Å². The molecule has 0 radical (unpaired) electrons. The minimum Gasteiger partial charge on any atom is -0.365 e. The molecule has 0 aromatic heterocycles. The third-order valence-corrected chi connectivity index (χ3v) is 5.76. The molecule has 0 unspecified atom stereocenters. The summed E-state index contributed by atoms with van der Waals surface area (Å²) in [5.74, 6) is 0.511. The molecule has 1 aromatic carbocycles. The van der Waals surface area contributed by atoms with Gasteiger partial charge >= 0.3 is 0 Å². The minimum absolute atomic E-state index is 0.212. The van der Waals surface area contributed by atoms with E-state index >= 15 is 0 Å². The first-order valence-corrected chi connectivity index (χ1v) is 8.10. The largest absolute Gasteiger partial charge is 0.365 e. The van der Waals surface area contributed by atoms with Crippen LogP contribution in [0, 0.1) is 12.8 Å². The number of hydrogen-bond donors (Lipinski definition) is 0. The van der Waals surface area contributed by atoms with Crippen molar-refractivity contribution in [2.75, 3.05) is 13.2 Å². The van der Waals surface area contributed by atoms with E-state index in [-0.39, 0.29) is 17.9 Å². The van der Waals surface area contributed by atoms with Crippen molar-refractivity contribution in [2.45, 2.75) is 43.7 Å². The molecule has 3 nitrogen and oxygen atoms in total. The van der Waals surface area contributed by atoms with Gasteiger partial charge in [0.15, 0.2) is 0 Å². The first kappa shape index (κ1) is 12.4. The van der Waals surface area contributed by atoms with E-state index in [0.717, 1.165) is 19.6 Å². The SMILES string of the molecule is Cc1ccc([C@@]23CCCN2[C@@H]2[C@H](CO3)[C@H]3C=C[C@@H]2O3)cc1. The predicted octanol–water partition coefficient (Wildman–Crippen LogP) is 2.60. The molecule has 4 aliphatic heterocycles. The molecule has 0 aliphatic carbocycles. The summed E-state index contributed by atoms with van der Waals surface area (Å²) in [5.41, 5.74) is 2.41. The zero-order valence-electron chi connectivity index (χ0n) is 12.4. The van der Waals surface area contributed by atoms with Gasteiger partial charge in [0.05, 0.1) is 24.9 Å². The zero-order valence-corrected chi connectivity index (χ0v) is 12.4. The molecular formula is C18H21NO2. The molecule has 5 rings (SSSR count). The molecule has 3 heteroatoms. The molecule has 2 bridgehead atoms. The van der Waals surface area contributed by atoms with Crippen molar-refractivity contribution < 1.29 is 9.47 Å². The van der Waals surface area contributed by atoms with Crippen molar-refractivity contribution in [3.63, 3.8) is 0 Å². The summed E-state index contributed by atoms with van der Waals surface area (Å²) in [6, 6.07) is 9.40. The standard InChI is InChI=1S/C18H21NO2/c1-12-3-5-13(6-4-12)18-9-2-10-19(18)17-14(11-20-18)15-7-8-16(17)21-15/h3-8,14-17H,2,9-11H2,1H3/t14-,15-,16+,17-,18+/m1/s1. The number of aryl methyl sites for hydroxylation is 1. The first-order chi connectivity index (χ1) is 10.3. The fourth-order valence-corrected chi connectivity index (χ4v) is 4.77. The molecule has 0 N–H and O–H groups in total. The summed E-state index contributed by atoms with van der Waals surface area (Å²) < 4.78 is 12.6. The Kier molecular flexibility index (Phi) is 2.47. The molecular weight excluding hydrogens is 262 g/mol. The van der Waals surface area contributed by atoms with Crippen molar-refractivity contribution >= 4 is 0 Å². The van der Waals surface area contributed by atoms with Crippen LogP contribution >= 0.6 is 0 Å². The lowest BCUT2D eigenvalue weighted by atomic mass is 9.84. The second-order valence-corrected chi connectivity index (χ2v) is 6.86. The highest BCUT2D eigenvalue weighted by atomic mass is 16.5. The lowest BCUT2D eigenvalue weighted by Gasteiger charge is -2.50. The van der Waals surface area contributed by atoms with Crippen molar-refractivity contribution in [1.29, 1.82) is 0 Å². The van der Waals surface area contributed by atoms with Gasteiger partial charge < -0.3 is 9.47 Å². The first-order valence-electron chi connectivity index (χ1n) is 8.10. The van der Waals surface area contributed by atoms with E-state index in [9.17, 15) is 0 Å². The number of nitrogens with zero attached hydrogens (tertiary/aromatic N) is 1. The van der Waals surface area contributed by atoms with Gasteiger partial charge in [-0.15, -0.1) is 0 Å². The van der Waals surface area contributed by atoms with Gasteiger partial charge in [0.25, 0.3) is 0 Å². The Morgan fingerprint density at radius 2 is 1.95 bits per heavy atom. The molecule has 1 aromatic rings. The normalized spacial score (nSPS) is 44.0. The highest BCUT2D eigenvalue weighted by Gasteiger charge is 2.59. The summed E-state index contributed by atoms with van der Waals surface area (Å²) in [6.07, 6.45) is 7.33. The van der Waals surface area contributed by atoms with Crippen molar-refractivity contribution in [3.05, 3.63) is 47.5 Å². The maximum Gasteiger partial charge on any atom is 0.148 e. The van der Waals surface area contributed by atoms with Crippen LogP contribution in [0.25, 0.3) is 0 Å². The molecule has 110 valence electrons. The molecule has 4 aliphatic rings. The summed E-state index contributed by atoms with van der Waals surface area (Å²) in [4.78, 5) is 2.60.